The van der Waals surface area contributed by atoms with E-state index in [9.17, 15) is 4.79 Å². The van der Waals surface area contributed by atoms with Crippen molar-refractivity contribution in [3.8, 4) is 0 Å². The lowest BCUT2D eigenvalue weighted by Gasteiger charge is -2.28. The van der Waals surface area contributed by atoms with Gasteiger partial charge in [-0.25, -0.2) is 0 Å². The second kappa shape index (κ2) is 6.53. The van der Waals surface area contributed by atoms with E-state index in [4.69, 9.17) is 4.74 Å². The van der Waals surface area contributed by atoms with E-state index in [0.717, 1.165) is 37.9 Å². The zero-order valence-electron chi connectivity index (χ0n) is 11.7. The highest BCUT2D eigenvalue weighted by Crippen LogP contribution is 2.37. The number of nitrogens with zero attached hydrogens (tertiary/aromatic N) is 1. The van der Waals surface area contributed by atoms with Crippen LogP contribution >= 0.6 is 0 Å². The largest absolute Gasteiger partial charge is 0.468 e. The van der Waals surface area contributed by atoms with E-state index < -0.39 is 0 Å². The van der Waals surface area contributed by atoms with Crippen LogP contribution in [0.15, 0.2) is 0 Å². The topological polar surface area (TPSA) is 41.6 Å². The summed E-state index contributed by atoms with van der Waals surface area (Å²) in [5.74, 6) is 0.808. The molecular weight excluding hydrogens is 228 g/mol. The van der Waals surface area contributed by atoms with Crippen LogP contribution in [-0.2, 0) is 9.53 Å². The molecule has 104 valence electrons. The van der Waals surface area contributed by atoms with E-state index in [-0.39, 0.29) is 12.0 Å². The lowest BCUT2D eigenvalue weighted by molar-refractivity contribution is -0.143. The quantitative estimate of drug-likeness (QED) is 0.697. The number of carbonyl (C=O) groups excluding carboxylic acids is 1. The van der Waals surface area contributed by atoms with E-state index in [1.807, 2.05) is 0 Å². The summed E-state index contributed by atoms with van der Waals surface area (Å²) in [7, 11) is 1.47. The van der Waals surface area contributed by atoms with Crippen LogP contribution in [0.3, 0.4) is 0 Å². The fourth-order valence-electron chi connectivity index (χ4n) is 3.36. The van der Waals surface area contributed by atoms with E-state index in [1.165, 1.54) is 32.9 Å². The van der Waals surface area contributed by atoms with Gasteiger partial charge in [-0.15, -0.1) is 0 Å². The predicted octanol–water partition coefficient (Wildman–Crippen LogP) is 1.40. The summed E-state index contributed by atoms with van der Waals surface area (Å²) in [5, 5.41) is 3.29. The molecule has 0 spiro atoms. The zero-order chi connectivity index (χ0) is 13.0. The Hall–Kier alpha value is -0.610. The van der Waals surface area contributed by atoms with Gasteiger partial charge in [0.25, 0.3) is 0 Å². The molecule has 0 amide bonds. The third-order valence-corrected chi connectivity index (χ3v) is 4.35. The van der Waals surface area contributed by atoms with Crippen LogP contribution in [0.5, 0.6) is 0 Å². The van der Waals surface area contributed by atoms with Crippen molar-refractivity contribution in [3.05, 3.63) is 0 Å². The number of carbonyl (C=O) groups is 1. The molecule has 0 aromatic heterocycles. The second-order valence-corrected chi connectivity index (χ2v) is 5.65. The van der Waals surface area contributed by atoms with E-state index in [2.05, 4.69) is 17.1 Å². The first-order valence-electron chi connectivity index (χ1n) is 7.29. The van der Waals surface area contributed by atoms with Crippen molar-refractivity contribution >= 4 is 5.97 Å². The van der Waals surface area contributed by atoms with E-state index >= 15 is 0 Å². The van der Waals surface area contributed by atoms with Crippen molar-refractivity contribution in [2.75, 3.05) is 26.7 Å². The fraction of sp³-hybridized carbons (Fsp3) is 0.929. The van der Waals surface area contributed by atoms with Gasteiger partial charge < -0.3 is 15.0 Å². The molecule has 1 aliphatic heterocycles. The van der Waals surface area contributed by atoms with Crippen LogP contribution in [0.2, 0.25) is 0 Å². The summed E-state index contributed by atoms with van der Waals surface area (Å²) in [6, 6.07) is 0.661. The minimum absolute atomic E-state index is 0.118. The first-order chi connectivity index (χ1) is 8.74. The summed E-state index contributed by atoms with van der Waals surface area (Å²) in [6.07, 6.45) is 6.06. The van der Waals surface area contributed by atoms with Gasteiger partial charge in [0, 0.05) is 19.1 Å². The lowest BCUT2D eigenvalue weighted by atomic mass is 10.1. The Morgan fingerprint density at radius 2 is 2.33 bits per heavy atom. The minimum atomic E-state index is -0.130. The number of rotatable bonds is 7. The number of piperidine rings is 1. The molecule has 2 rings (SSSR count). The van der Waals surface area contributed by atoms with Crippen molar-refractivity contribution in [1.29, 1.82) is 0 Å². The molecule has 1 aliphatic carbocycles. The number of hydrogen-bond acceptors (Lipinski definition) is 4. The normalized spacial score (nSPS) is 28.6. The first-order valence-corrected chi connectivity index (χ1v) is 7.29. The molecule has 1 N–H and O–H groups in total. The SMILES string of the molecule is CCCNC(CCN1CC2CCC1C2)C(=O)OC. The van der Waals surface area contributed by atoms with Gasteiger partial charge in [0.1, 0.15) is 6.04 Å². The molecule has 1 saturated carbocycles. The maximum atomic E-state index is 11.7. The van der Waals surface area contributed by atoms with Crippen molar-refractivity contribution < 1.29 is 9.53 Å². The Morgan fingerprint density at radius 3 is 2.89 bits per heavy atom. The van der Waals surface area contributed by atoms with E-state index in [0.29, 0.717) is 0 Å². The van der Waals surface area contributed by atoms with E-state index in [1.54, 1.807) is 0 Å². The van der Waals surface area contributed by atoms with Crippen LogP contribution in [0.25, 0.3) is 0 Å². The van der Waals surface area contributed by atoms with Gasteiger partial charge in [0.2, 0.25) is 0 Å². The molecule has 2 aliphatic rings. The van der Waals surface area contributed by atoms with Gasteiger partial charge in [-0.05, 0) is 44.6 Å². The summed E-state index contributed by atoms with van der Waals surface area (Å²) < 4.78 is 4.87. The van der Waals surface area contributed by atoms with Crippen LogP contribution < -0.4 is 5.32 Å². The Morgan fingerprint density at radius 1 is 1.50 bits per heavy atom. The molecule has 2 bridgehead atoms. The van der Waals surface area contributed by atoms with Gasteiger partial charge in [-0.1, -0.05) is 6.92 Å². The van der Waals surface area contributed by atoms with Crippen molar-refractivity contribution in [1.82, 2.24) is 10.2 Å². The molecule has 4 nitrogen and oxygen atoms in total. The number of ether oxygens (including phenoxy) is 1. The van der Waals surface area contributed by atoms with Crippen molar-refractivity contribution in [2.24, 2.45) is 5.92 Å². The minimum Gasteiger partial charge on any atom is -0.468 e. The molecular formula is C14H26N2O2. The van der Waals surface area contributed by atoms with Crippen molar-refractivity contribution in [2.45, 2.75) is 51.1 Å². The molecule has 2 fully saturated rings. The Bertz CT molecular complexity index is 283. The predicted molar refractivity (Wildman–Crippen MR) is 71.4 cm³/mol. The summed E-state index contributed by atoms with van der Waals surface area (Å²) >= 11 is 0. The van der Waals surface area contributed by atoms with Crippen LogP contribution in [0, 0.1) is 5.92 Å². The fourth-order valence-corrected chi connectivity index (χ4v) is 3.36. The number of likely N-dealkylation sites (tertiary alicyclic amines) is 1. The maximum absolute atomic E-state index is 11.7. The molecule has 18 heavy (non-hydrogen) atoms. The molecule has 1 saturated heterocycles. The maximum Gasteiger partial charge on any atom is 0.322 e. The Balaban J connectivity index is 1.76. The molecule has 0 aromatic rings. The third kappa shape index (κ3) is 3.23. The number of methoxy groups -OCH3 is 1. The summed E-state index contributed by atoms with van der Waals surface area (Å²) in [4.78, 5) is 14.2. The molecule has 4 heteroatoms. The molecule has 0 radical (unpaired) electrons. The average Bonchev–Trinajstić information content (AvgIpc) is 3.00. The third-order valence-electron chi connectivity index (χ3n) is 4.35. The van der Waals surface area contributed by atoms with Crippen LogP contribution in [0.1, 0.15) is 39.0 Å². The van der Waals surface area contributed by atoms with Crippen LogP contribution in [-0.4, -0.2) is 49.7 Å². The highest BCUT2D eigenvalue weighted by molar-refractivity contribution is 5.75. The van der Waals surface area contributed by atoms with Gasteiger partial charge in [0.05, 0.1) is 7.11 Å². The second-order valence-electron chi connectivity index (χ2n) is 5.65. The smallest absolute Gasteiger partial charge is 0.322 e. The Kier molecular flexibility index (Phi) is 5.01. The highest BCUT2D eigenvalue weighted by atomic mass is 16.5. The zero-order valence-corrected chi connectivity index (χ0v) is 11.7. The van der Waals surface area contributed by atoms with Gasteiger partial charge in [0.15, 0.2) is 0 Å². The number of esters is 1. The van der Waals surface area contributed by atoms with Gasteiger partial charge >= 0.3 is 5.97 Å². The Labute approximate surface area is 110 Å². The average molecular weight is 254 g/mol. The van der Waals surface area contributed by atoms with Crippen molar-refractivity contribution in [3.63, 3.8) is 0 Å². The first kappa shape index (κ1) is 13.8. The summed E-state index contributed by atoms with van der Waals surface area (Å²) in [5.41, 5.74) is 0. The molecule has 3 unspecified atom stereocenters. The highest BCUT2D eigenvalue weighted by Gasteiger charge is 2.37. The monoisotopic (exact) mass is 254 g/mol. The molecule has 1 heterocycles. The number of hydrogen-bond donors (Lipinski definition) is 1. The molecule has 3 atom stereocenters. The van der Waals surface area contributed by atoms with Gasteiger partial charge in [-0.2, -0.15) is 0 Å². The number of nitrogens with one attached hydrogen (secondary N) is 1. The van der Waals surface area contributed by atoms with Crippen LogP contribution in [0.4, 0.5) is 0 Å². The lowest BCUT2D eigenvalue weighted by Crippen LogP contribution is -2.42. The van der Waals surface area contributed by atoms with Gasteiger partial charge in [-0.3, -0.25) is 4.79 Å². The number of fused-ring (bicyclic) bond motifs is 2. The standard InChI is InChI=1S/C14H26N2O2/c1-3-7-15-13(14(17)18-2)6-8-16-10-11-4-5-12(16)9-11/h11-13,15H,3-10H2,1-2H3. The molecule has 0 aromatic carbocycles. The summed E-state index contributed by atoms with van der Waals surface area (Å²) in [6.45, 7) is 5.26.